The lowest BCUT2D eigenvalue weighted by molar-refractivity contribution is 0.415. The van der Waals surface area contributed by atoms with Crippen LogP contribution in [-0.4, -0.2) is 19.7 Å². The molecule has 0 heterocycles. The van der Waals surface area contributed by atoms with Crippen LogP contribution in [0.15, 0.2) is 18.2 Å². The first kappa shape index (κ1) is 13.7. The standard InChI is InChI=1S/C14H24N2O/c1-10(2)9-16(11(3)4)14-7-6-12(17-5)8-13(14)15/h6-8,10-11H,9,15H2,1-5H3. The molecule has 1 aromatic carbocycles. The number of ether oxygens (including phenoxy) is 1. The van der Waals surface area contributed by atoms with Crippen LogP contribution < -0.4 is 15.4 Å². The maximum absolute atomic E-state index is 6.09. The largest absolute Gasteiger partial charge is 0.497 e. The number of hydrogen-bond donors (Lipinski definition) is 1. The van der Waals surface area contributed by atoms with Crippen molar-refractivity contribution in [2.45, 2.75) is 33.7 Å². The molecule has 0 atom stereocenters. The van der Waals surface area contributed by atoms with E-state index in [0.29, 0.717) is 12.0 Å². The Kier molecular flexibility index (Phi) is 4.67. The molecule has 0 radical (unpaired) electrons. The normalized spacial score (nSPS) is 11.0. The van der Waals surface area contributed by atoms with Gasteiger partial charge in [-0.1, -0.05) is 13.8 Å². The molecule has 0 aliphatic carbocycles. The van der Waals surface area contributed by atoms with Gasteiger partial charge in [0.15, 0.2) is 0 Å². The fraction of sp³-hybridized carbons (Fsp3) is 0.571. The van der Waals surface area contributed by atoms with Crippen molar-refractivity contribution in [3.05, 3.63) is 18.2 Å². The Morgan fingerprint density at radius 1 is 1.24 bits per heavy atom. The molecule has 3 nitrogen and oxygen atoms in total. The average molecular weight is 236 g/mol. The molecule has 1 rings (SSSR count). The van der Waals surface area contributed by atoms with Crippen molar-refractivity contribution >= 4 is 11.4 Å². The lowest BCUT2D eigenvalue weighted by Crippen LogP contribution is -2.34. The van der Waals surface area contributed by atoms with Crippen molar-refractivity contribution in [1.29, 1.82) is 0 Å². The summed E-state index contributed by atoms with van der Waals surface area (Å²) >= 11 is 0. The topological polar surface area (TPSA) is 38.5 Å². The predicted octanol–water partition coefficient (Wildman–Crippen LogP) is 3.15. The Balaban J connectivity index is 3.01. The minimum atomic E-state index is 0.438. The third kappa shape index (κ3) is 3.55. The molecule has 0 aromatic heterocycles. The average Bonchev–Trinajstić information content (AvgIpc) is 2.25. The van der Waals surface area contributed by atoms with Crippen LogP contribution in [-0.2, 0) is 0 Å². The Hall–Kier alpha value is -1.38. The summed E-state index contributed by atoms with van der Waals surface area (Å²) < 4.78 is 5.17. The van der Waals surface area contributed by atoms with Crippen LogP contribution >= 0.6 is 0 Å². The van der Waals surface area contributed by atoms with Gasteiger partial charge in [-0.25, -0.2) is 0 Å². The first-order chi connectivity index (χ1) is 7.95. The van der Waals surface area contributed by atoms with Gasteiger partial charge < -0.3 is 15.4 Å². The molecule has 2 N–H and O–H groups in total. The lowest BCUT2D eigenvalue weighted by Gasteiger charge is -2.31. The van der Waals surface area contributed by atoms with E-state index >= 15 is 0 Å². The highest BCUT2D eigenvalue weighted by atomic mass is 16.5. The second-order valence-electron chi connectivity index (χ2n) is 5.06. The SMILES string of the molecule is COc1ccc(N(CC(C)C)C(C)C)c(N)c1. The molecule has 1 aromatic rings. The highest BCUT2D eigenvalue weighted by Crippen LogP contribution is 2.29. The summed E-state index contributed by atoms with van der Waals surface area (Å²) in [5.74, 6) is 1.42. The van der Waals surface area contributed by atoms with Gasteiger partial charge >= 0.3 is 0 Å². The van der Waals surface area contributed by atoms with E-state index < -0.39 is 0 Å². The Morgan fingerprint density at radius 2 is 1.88 bits per heavy atom. The smallest absolute Gasteiger partial charge is 0.121 e. The number of methoxy groups -OCH3 is 1. The summed E-state index contributed by atoms with van der Waals surface area (Å²) in [7, 11) is 1.66. The van der Waals surface area contributed by atoms with E-state index in [1.165, 1.54) is 0 Å². The van der Waals surface area contributed by atoms with Crippen LogP contribution in [0.4, 0.5) is 11.4 Å². The third-order valence-corrected chi connectivity index (χ3v) is 2.73. The first-order valence-corrected chi connectivity index (χ1v) is 6.15. The van der Waals surface area contributed by atoms with Crippen molar-refractivity contribution in [2.75, 3.05) is 24.3 Å². The lowest BCUT2D eigenvalue weighted by atomic mass is 10.1. The summed E-state index contributed by atoms with van der Waals surface area (Å²) in [5.41, 5.74) is 7.96. The molecule has 0 saturated heterocycles. The predicted molar refractivity (Wildman–Crippen MR) is 74.7 cm³/mol. The van der Waals surface area contributed by atoms with E-state index in [9.17, 15) is 0 Å². The van der Waals surface area contributed by atoms with Crippen LogP contribution in [0.25, 0.3) is 0 Å². The number of benzene rings is 1. The van der Waals surface area contributed by atoms with E-state index in [-0.39, 0.29) is 0 Å². The van der Waals surface area contributed by atoms with Gasteiger partial charge in [-0.05, 0) is 31.9 Å². The zero-order chi connectivity index (χ0) is 13.0. The second-order valence-corrected chi connectivity index (χ2v) is 5.06. The van der Waals surface area contributed by atoms with Gasteiger partial charge in [0, 0.05) is 18.7 Å². The van der Waals surface area contributed by atoms with Gasteiger partial charge in [0.25, 0.3) is 0 Å². The molecule has 3 heteroatoms. The fourth-order valence-electron chi connectivity index (χ4n) is 1.90. The minimum Gasteiger partial charge on any atom is -0.497 e. The van der Waals surface area contributed by atoms with Gasteiger partial charge in [-0.15, -0.1) is 0 Å². The molecule has 0 amide bonds. The number of rotatable bonds is 5. The van der Waals surface area contributed by atoms with Crippen LogP contribution in [0.2, 0.25) is 0 Å². The number of nitrogens with two attached hydrogens (primary N) is 1. The quantitative estimate of drug-likeness (QED) is 0.798. The molecular formula is C14H24N2O. The summed E-state index contributed by atoms with van der Waals surface area (Å²) in [4.78, 5) is 2.33. The second kappa shape index (κ2) is 5.80. The summed E-state index contributed by atoms with van der Waals surface area (Å²) in [6, 6.07) is 6.32. The molecule has 0 aliphatic rings. The van der Waals surface area contributed by atoms with Gasteiger partial charge in [-0.2, -0.15) is 0 Å². The molecule has 0 spiro atoms. The van der Waals surface area contributed by atoms with Crippen molar-refractivity contribution in [1.82, 2.24) is 0 Å². The van der Waals surface area contributed by atoms with Gasteiger partial charge in [0.1, 0.15) is 5.75 Å². The van der Waals surface area contributed by atoms with E-state index in [0.717, 1.165) is 23.7 Å². The molecular weight excluding hydrogens is 212 g/mol. The monoisotopic (exact) mass is 236 g/mol. The number of anilines is 2. The van der Waals surface area contributed by atoms with Gasteiger partial charge in [-0.3, -0.25) is 0 Å². The van der Waals surface area contributed by atoms with Crippen LogP contribution in [0.5, 0.6) is 5.75 Å². The van der Waals surface area contributed by atoms with Crippen molar-refractivity contribution in [2.24, 2.45) is 5.92 Å². The number of nitrogens with zero attached hydrogens (tertiary/aromatic N) is 1. The maximum Gasteiger partial charge on any atom is 0.121 e. The zero-order valence-corrected chi connectivity index (χ0v) is 11.5. The molecule has 0 saturated carbocycles. The molecule has 17 heavy (non-hydrogen) atoms. The van der Waals surface area contributed by atoms with E-state index in [2.05, 4.69) is 32.6 Å². The molecule has 96 valence electrons. The highest BCUT2D eigenvalue weighted by Gasteiger charge is 2.15. The summed E-state index contributed by atoms with van der Waals surface area (Å²) in [6.07, 6.45) is 0. The third-order valence-electron chi connectivity index (χ3n) is 2.73. The summed E-state index contributed by atoms with van der Waals surface area (Å²) in [6.45, 7) is 9.82. The number of nitrogen functional groups attached to an aromatic ring is 1. The van der Waals surface area contributed by atoms with Gasteiger partial charge in [0.05, 0.1) is 18.5 Å². The van der Waals surface area contributed by atoms with Crippen LogP contribution in [0, 0.1) is 5.92 Å². The van der Waals surface area contributed by atoms with Crippen molar-refractivity contribution in [3.63, 3.8) is 0 Å². The highest BCUT2D eigenvalue weighted by molar-refractivity contribution is 5.69. The van der Waals surface area contributed by atoms with Crippen molar-refractivity contribution in [3.8, 4) is 5.75 Å². The van der Waals surface area contributed by atoms with Gasteiger partial charge in [0.2, 0.25) is 0 Å². The molecule has 0 unspecified atom stereocenters. The van der Waals surface area contributed by atoms with Crippen molar-refractivity contribution < 1.29 is 4.74 Å². The van der Waals surface area contributed by atoms with Crippen LogP contribution in [0.1, 0.15) is 27.7 Å². The summed E-state index contributed by atoms with van der Waals surface area (Å²) in [5, 5.41) is 0. The molecule has 0 bridgehead atoms. The molecule has 0 aliphatic heterocycles. The van der Waals surface area contributed by atoms with E-state index in [1.54, 1.807) is 7.11 Å². The minimum absolute atomic E-state index is 0.438. The zero-order valence-electron chi connectivity index (χ0n) is 11.5. The fourth-order valence-corrected chi connectivity index (χ4v) is 1.90. The maximum atomic E-state index is 6.09. The molecule has 0 fully saturated rings. The van der Waals surface area contributed by atoms with E-state index in [4.69, 9.17) is 10.5 Å². The Bertz CT molecular complexity index is 361. The Labute approximate surface area is 105 Å². The first-order valence-electron chi connectivity index (χ1n) is 6.15. The Morgan fingerprint density at radius 3 is 2.29 bits per heavy atom. The number of hydrogen-bond acceptors (Lipinski definition) is 3. The van der Waals surface area contributed by atoms with Crippen LogP contribution in [0.3, 0.4) is 0 Å². The van der Waals surface area contributed by atoms with E-state index in [1.807, 2.05) is 18.2 Å².